The van der Waals surface area contributed by atoms with Crippen molar-refractivity contribution in [1.82, 2.24) is 5.32 Å². The third-order valence-electron chi connectivity index (χ3n) is 5.66. The first-order valence-corrected chi connectivity index (χ1v) is 8.41. The quantitative estimate of drug-likeness (QED) is 0.803. The summed E-state index contributed by atoms with van der Waals surface area (Å²) in [5.74, 6) is 0.683. The molecule has 0 bridgehead atoms. The first-order valence-electron chi connectivity index (χ1n) is 8.41. The van der Waals surface area contributed by atoms with Gasteiger partial charge in [-0.25, -0.2) is 0 Å². The second-order valence-corrected chi connectivity index (χ2v) is 6.72. The maximum Gasteiger partial charge on any atom is 0.0133 e. The zero-order valence-electron chi connectivity index (χ0n) is 13.5. The first-order chi connectivity index (χ1) is 10.2. The molecule has 1 fully saturated rings. The number of benzene rings is 2. The van der Waals surface area contributed by atoms with Crippen LogP contribution in [0.3, 0.4) is 0 Å². The standard InChI is InChI=1S/C20H27N/c1-4-13-21-19-14-18(20(19,3)5-2)17-12-8-10-15-9-6-7-11-16(15)17/h6-12,18-19,21H,4-5,13-14H2,1-3H3. The van der Waals surface area contributed by atoms with E-state index in [9.17, 15) is 0 Å². The van der Waals surface area contributed by atoms with Crippen molar-refractivity contribution in [2.24, 2.45) is 5.41 Å². The molecular weight excluding hydrogens is 254 g/mol. The van der Waals surface area contributed by atoms with Gasteiger partial charge in [0.15, 0.2) is 0 Å². The molecule has 112 valence electrons. The van der Waals surface area contributed by atoms with Crippen molar-refractivity contribution >= 4 is 10.8 Å². The average Bonchev–Trinajstić information content (AvgIpc) is 2.53. The Balaban J connectivity index is 1.93. The van der Waals surface area contributed by atoms with Crippen LogP contribution in [0, 0.1) is 5.41 Å². The summed E-state index contributed by atoms with van der Waals surface area (Å²) >= 11 is 0. The topological polar surface area (TPSA) is 12.0 Å². The third-order valence-corrected chi connectivity index (χ3v) is 5.66. The molecule has 1 N–H and O–H groups in total. The zero-order chi connectivity index (χ0) is 14.9. The minimum Gasteiger partial charge on any atom is -0.313 e. The molecule has 0 aromatic heterocycles. The minimum absolute atomic E-state index is 0.388. The van der Waals surface area contributed by atoms with Crippen LogP contribution in [-0.4, -0.2) is 12.6 Å². The molecule has 3 rings (SSSR count). The van der Waals surface area contributed by atoms with E-state index in [4.69, 9.17) is 0 Å². The molecule has 3 atom stereocenters. The van der Waals surface area contributed by atoms with Gasteiger partial charge in [0.05, 0.1) is 0 Å². The van der Waals surface area contributed by atoms with Gasteiger partial charge in [0.1, 0.15) is 0 Å². The molecular formula is C20H27N. The van der Waals surface area contributed by atoms with E-state index in [2.05, 4.69) is 68.6 Å². The second kappa shape index (κ2) is 5.81. The molecule has 1 aliphatic rings. The van der Waals surface area contributed by atoms with E-state index in [1.807, 2.05) is 0 Å². The highest BCUT2D eigenvalue weighted by atomic mass is 15.0. The van der Waals surface area contributed by atoms with Crippen LogP contribution in [0.5, 0.6) is 0 Å². The van der Waals surface area contributed by atoms with E-state index in [-0.39, 0.29) is 0 Å². The lowest BCUT2D eigenvalue weighted by Gasteiger charge is -2.55. The van der Waals surface area contributed by atoms with Gasteiger partial charge in [0.2, 0.25) is 0 Å². The van der Waals surface area contributed by atoms with E-state index in [0.29, 0.717) is 17.4 Å². The molecule has 2 aromatic carbocycles. The summed E-state index contributed by atoms with van der Waals surface area (Å²) in [6.07, 6.45) is 3.73. The highest BCUT2D eigenvalue weighted by Crippen LogP contribution is 2.55. The number of rotatable bonds is 5. The lowest BCUT2D eigenvalue weighted by atomic mass is 9.53. The summed E-state index contributed by atoms with van der Waals surface area (Å²) in [5, 5.41) is 6.57. The largest absolute Gasteiger partial charge is 0.313 e. The molecule has 1 nitrogen and oxygen atoms in total. The maximum absolute atomic E-state index is 3.76. The van der Waals surface area contributed by atoms with Crippen molar-refractivity contribution in [3.63, 3.8) is 0 Å². The van der Waals surface area contributed by atoms with Gasteiger partial charge in [-0.05, 0) is 53.5 Å². The van der Waals surface area contributed by atoms with Crippen LogP contribution < -0.4 is 5.32 Å². The maximum atomic E-state index is 3.76. The molecule has 1 saturated carbocycles. The molecule has 0 radical (unpaired) electrons. The Kier molecular flexibility index (Phi) is 4.03. The van der Waals surface area contributed by atoms with Crippen molar-refractivity contribution in [3.8, 4) is 0 Å². The Morgan fingerprint density at radius 3 is 2.62 bits per heavy atom. The van der Waals surface area contributed by atoms with Crippen molar-refractivity contribution in [1.29, 1.82) is 0 Å². The van der Waals surface area contributed by atoms with E-state index >= 15 is 0 Å². The Hall–Kier alpha value is -1.34. The number of hydrogen-bond donors (Lipinski definition) is 1. The minimum atomic E-state index is 0.388. The molecule has 1 heteroatoms. The summed E-state index contributed by atoms with van der Waals surface area (Å²) in [5.41, 5.74) is 1.94. The molecule has 0 amide bonds. The van der Waals surface area contributed by atoms with Crippen LogP contribution in [0.1, 0.15) is 51.5 Å². The van der Waals surface area contributed by atoms with Gasteiger partial charge in [-0.2, -0.15) is 0 Å². The first kappa shape index (κ1) is 14.6. The van der Waals surface area contributed by atoms with E-state index in [1.165, 1.54) is 30.0 Å². The Morgan fingerprint density at radius 1 is 1.10 bits per heavy atom. The number of nitrogens with one attached hydrogen (secondary N) is 1. The fraction of sp³-hybridized carbons (Fsp3) is 0.500. The molecule has 0 heterocycles. The summed E-state index contributed by atoms with van der Waals surface area (Å²) < 4.78 is 0. The smallest absolute Gasteiger partial charge is 0.0133 e. The Morgan fingerprint density at radius 2 is 1.86 bits per heavy atom. The number of hydrogen-bond acceptors (Lipinski definition) is 1. The molecule has 21 heavy (non-hydrogen) atoms. The van der Waals surface area contributed by atoms with Gasteiger partial charge < -0.3 is 5.32 Å². The van der Waals surface area contributed by atoms with Crippen LogP contribution >= 0.6 is 0 Å². The van der Waals surface area contributed by atoms with Gasteiger partial charge in [-0.3, -0.25) is 0 Å². The Labute approximate surface area is 128 Å². The monoisotopic (exact) mass is 281 g/mol. The highest BCUT2D eigenvalue weighted by Gasteiger charge is 2.50. The van der Waals surface area contributed by atoms with Crippen LogP contribution in [0.4, 0.5) is 0 Å². The van der Waals surface area contributed by atoms with Crippen LogP contribution in [0.25, 0.3) is 10.8 Å². The fourth-order valence-electron chi connectivity index (χ4n) is 4.02. The average molecular weight is 281 g/mol. The molecule has 3 unspecified atom stereocenters. The summed E-state index contributed by atoms with van der Waals surface area (Å²) in [7, 11) is 0. The predicted molar refractivity (Wildman–Crippen MR) is 91.8 cm³/mol. The summed E-state index contributed by atoms with van der Waals surface area (Å²) in [6.45, 7) is 8.20. The predicted octanol–water partition coefficient (Wildman–Crippen LogP) is 5.11. The van der Waals surface area contributed by atoms with Crippen molar-refractivity contribution in [2.75, 3.05) is 6.54 Å². The normalized spacial score (nSPS) is 28.5. The van der Waals surface area contributed by atoms with Crippen molar-refractivity contribution < 1.29 is 0 Å². The van der Waals surface area contributed by atoms with Gasteiger partial charge in [-0.1, -0.05) is 63.2 Å². The van der Waals surface area contributed by atoms with Crippen molar-refractivity contribution in [2.45, 2.75) is 52.0 Å². The van der Waals surface area contributed by atoms with Gasteiger partial charge >= 0.3 is 0 Å². The molecule has 0 saturated heterocycles. The zero-order valence-corrected chi connectivity index (χ0v) is 13.5. The van der Waals surface area contributed by atoms with Crippen molar-refractivity contribution in [3.05, 3.63) is 48.0 Å². The lowest BCUT2D eigenvalue weighted by molar-refractivity contribution is 0.0453. The SMILES string of the molecule is CCCNC1CC(c2cccc3ccccc23)C1(C)CC. The fourth-order valence-corrected chi connectivity index (χ4v) is 4.02. The highest BCUT2D eigenvalue weighted by molar-refractivity contribution is 5.86. The Bertz CT molecular complexity index is 613. The van der Waals surface area contributed by atoms with E-state index < -0.39 is 0 Å². The van der Waals surface area contributed by atoms with E-state index in [0.717, 1.165) is 6.54 Å². The summed E-state index contributed by atoms with van der Waals surface area (Å²) in [4.78, 5) is 0. The van der Waals surface area contributed by atoms with Gasteiger partial charge in [-0.15, -0.1) is 0 Å². The summed E-state index contributed by atoms with van der Waals surface area (Å²) in [6, 6.07) is 16.3. The second-order valence-electron chi connectivity index (χ2n) is 6.72. The van der Waals surface area contributed by atoms with Gasteiger partial charge in [0, 0.05) is 6.04 Å². The van der Waals surface area contributed by atoms with Crippen LogP contribution in [0.2, 0.25) is 0 Å². The molecule has 1 aliphatic carbocycles. The third kappa shape index (κ3) is 2.38. The number of fused-ring (bicyclic) bond motifs is 1. The lowest BCUT2D eigenvalue weighted by Crippen LogP contribution is -2.56. The van der Waals surface area contributed by atoms with Crippen LogP contribution in [0.15, 0.2) is 42.5 Å². The van der Waals surface area contributed by atoms with Gasteiger partial charge in [0.25, 0.3) is 0 Å². The van der Waals surface area contributed by atoms with Crippen LogP contribution in [-0.2, 0) is 0 Å². The molecule has 2 aromatic rings. The molecule has 0 aliphatic heterocycles. The molecule has 0 spiro atoms. The van der Waals surface area contributed by atoms with E-state index in [1.54, 1.807) is 5.56 Å².